The number of nitrogens with zero attached hydrogens (tertiary/aromatic N) is 2. The lowest BCUT2D eigenvalue weighted by Crippen LogP contribution is -2.53. The van der Waals surface area contributed by atoms with Gasteiger partial charge >= 0.3 is 0 Å². The molecule has 0 radical (unpaired) electrons. The number of hydrogen-bond donors (Lipinski definition) is 2. The van der Waals surface area contributed by atoms with E-state index >= 15 is 8.78 Å². The lowest BCUT2D eigenvalue weighted by atomic mass is 9.88. The molecule has 0 aliphatic carbocycles. The van der Waals surface area contributed by atoms with Crippen LogP contribution in [0.25, 0.3) is 10.9 Å². The van der Waals surface area contributed by atoms with Crippen LogP contribution in [0.5, 0.6) is 5.75 Å². The van der Waals surface area contributed by atoms with Crippen LogP contribution in [0, 0.1) is 11.6 Å². The average Bonchev–Trinajstić information content (AvgIpc) is 3.17. The van der Waals surface area contributed by atoms with Crippen LogP contribution in [-0.2, 0) is 17.1 Å². The van der Waals surface area contributed by atoms with Crippen LogP contribution < -0.4 is 4.74 Å². The largest absolute Gasteiger partial charge is 0.488 e. The fourth-order valence-electron chi connectivity index (χ4n) is 5.61. The summed E-state index contributed by atoms with van der Waals surface area (Å²) in [6, 6.07) is 8.76. The maximum Gasteiger partial charge on any atom is 0.156 e. The summed E-state index contributed by atoms with van der Waals surface area (Å²) >= 11 is 0. The number of ether oxygens (including phenoxy) is 1. The van der Waals surface area contributed by atoms with Gasteiger partial charge in [0.15, 0.2) is 10.7 Å². The second kappa shape index (κ2) is 10.1. The Bertz CT molecular complexity index is 1310. The monoisotopic (exact) mass is 521 g/mol. The van der Waals surface area contributed by atoms with Crippen molar-refractivity contribution in [3.8, 4) is 5.75 Å². The highest BCUT2D eigenvalue weighted by molar-refractivity contribution is 7.73. The Hall–Kier alpha value is -2.56. The molecule has 0 bridgehead atoms. The Morgan fingerprint density at radius 2 is 1.86 bits per heavy atom. The van der Waals surface area contributed by atoms with E-state index in [1.807, 2.05) is 36.1 Å². The van der Waals surface area contributed by atoms with Crippen LogP contribution in [0.4, 0.5) is 13.2 Å². The molecule has 36 heavy (non-hydrogen) atoms. The van der Waals surface area contributed by atoms with E-state index in [4.69, 9.17) is 4.74 Å². The van der Waals surface area contributed by atoms with Gasteiger partial charge in [0.25, 0.3) is 0 Å². The van der Waals surface area contributed by atoms with E-state index in [9.17, 15) is 12.8 Å². The zero-order valence-electron chi connectivity index (χ0n) is 20.2. The first-order valence-corrected chi connectivity index (χ1v) is 13.5. The molecule has 1 aromatic heterocycles. The van der Waals surface area contributed by atoms with Gasteiger partial charge in [0.1, 0.15) is 28.9 Å². The molecule has 2 aliphatic rings. The lowest BCUT2D eigenvalue weighted by molar-refractivity contribution is 0.0180. The molecular formula is C26H30F3N3O3S. The van der Waals surface area contributed by atoms with E-state index in [1.54, 1.807) is 11.8 Å². The molecule has 3 aromatic rings. The zero-order chi connectivity index (χ0) is 25.6. The summed E-state index contributed by atoms with van der Waals surface area (Å²) in [4.78, 5) is 7.00. The molecule has 10 heteroatoms. The molecule has 5 rings (SSSR count). The molecule has 3 heterocycles. The molecule has 6 nitrogen and oxygen atoms in total. The number of H-pyrrole nitrogens is 1. The summed E-state index contributed by atoms with van der Waals surface area (Å²) in [6.45, 7) is 4.82. The second-order valence-corrected chi connectivity index (χ2v) is 11.0. The molecule has 1 fully saturated rings. The fraction of sp³-hybridized carbons (Fsp3) is 0.462. The van der Waals surface area contributed by atoms with Crippen molar-refractivity contribution < 1.29 is 26.3 Å². The zero-order valence-corrected chi connectivity index (χ0v) is 21.1. The van der Waals surface area contributed by atoms with E-state index in [0.717, 1.165) is 16.5 Å². The van der Waals surface area contributed by atoms with Crippen molar-refractivity contribution in [2.24, 2.45) is 0 Å². The molecule has 1 N–H and O–H groups in total. The molecular weight excluding hydrogens is 491 g/mol. The van der Waals surface area contributed by atoms with Crippen LogP contribution in [0.1, 0.15) is 43.1 Å². The Balaban J connectivity index is 1.52. The number of thiol groups is 1. The first-order chi connectivity index (χ1) is 17.3. The topological polar surface area (TPSA) is 65.6 Å². The third-order valence-electron chi connectivity index (χ3n) is 7.32. The van der Waals surface area contributed by atoms with E-state index in [1.165, 1.54) is 12.1 Å². The number of benzene rings is 2. The van der Waals surface area contributed by atoms with Gasteiger partial charge in [-0.25, -0.2) is 17.2 Å². The molecule has 2 aliphatic heterocycles. The SMILES string of the molecule is CC(N1[C@H](c2c(F)cc(OC3CN(CCCF)C3)cc2F)c2[nH]c3ccccc3c2C[C@H]1C)[SH](=O)=O. The number of aromatic amines is 1. The maximum absolute atomic E-state index is 15.7. The highest BCUT2D eigenvalue weighted by Gasteiger charge is 2.42. The van der Waals surface area contributed by atoms with Crippen LogP contribution >= 0.6 is 0 Å². The van der Waals surface area contributed by atoms with Crippen molar-refractivity contribution in [3.63, 3.8) is 0 Å². The maximum atomic E-state index is 15.7. The number of fused-ring (bicyclic) bond motifs is 3. The lowest BCUT2D eigenvalue weighted by Gasteiger charge is -2.43. The highest BCUT2D eigenvalue weighted by Crippen LogP contribution is 2.44. The van der Waals surface area contributed by atoms with Crippen LogP contribution in [0.15, 0.2) is 36.4 Å². The molecule has 2 aromatic carbocycles. The van der Waals surface area contributed by atoms with Gasteiger partial charge in [-0.15, -0.1) is 0 Å². The Morgan fingerprint density at radius 3 is 2.53 bits per heavy atom. The number of para-hydroxylation sites is 1. The van der Waals surface area contributed by atoms with Gasteiger partial charge < -0.3 is 9.72 Å². The van der Waals surface area contributed by atoms with Gasteiger partial charge in [-0.05, 0) is 38.3 Å². The molecule has 1 unspecified atom stereocenters. The Labute approximate surface area is 210 Å². The smallest absolute Gasteiger partial charge is 0.156 e. The van der Waals surface area contributed by atoms with E-state index in [2.05, 4.69) is 4.98 Å². The van der Waals surface area contributed by atoms with Crippen LogP contribution in [0.2, 0.25) is 0 Å². The van der Waals surface area contributed by atoms with E-state index in [-0.39, 0.29) is 30.1 Å². The average molecular weight is 522 g/mol. The van der Waals surface area contributed by atoms with Crippen molar-refractivity contribution in [1.82, 2.24) is 14.8 Å². The minimum absolute atomic E-state index is 0.0825. The van der Waals surface area contributed by atoms with Crippen LogP contribution in [-0.4, -0.2) is 67.0 Å². The summed E-state index contributed by atoms with van der Waals surface area (Å²) in [5.74, 6) is -1.50. The van der Waals surface area contributed by atoms with Crippen molar-refractivity contribution in [2.45, 2.75) is 50.3 Å². The summed E-state index contributed by atoms with van der Waals surface area (Å²) in [6.07, 6.45) is 0.781. The predicted octanol–water partition coefficient (Wildman–Crippen LogP) is 4.16. The van der Waals surface area contributed by atoms with Gasteiger partial charge in [-0.3, -0.25) is 14.2 Å². The van der Waals surface area contributed by atoms with Crippen molar-refractivity contribution in [2.75, 3.05) is 26.3 Å². The van der Waals surface area contributed by atoms with Gasteiger partial charge in [-0.2, -0.15) is 0 Å². The number of alkyl halides is 1. The molecule has 0 spiro atoms. The number of hydrogen-bond acceptors (Lipinski definition) is 5. The van der Waals surface area contributed by atoms with Crippen LogP contribution in [0.3, 0.4) is 0 Å². The summed E-state index contributed by atoms with van der Waals surface area (Å²) in [7, 11) is -2.87. The minimum Gasteiger partial charge on any atom is -0.488 e. The highest BCUT2D eigenvalue weighted by atomic mass is 32.2. The number of likely N-dealkylation sites (tertiary alicyclic amines) is 1. The first-order valence-electron chi connectivity index (χ1n) is 12.2. The van der Waals surface area contributed by atoms with E-state index in [0.29, 0.717) is 38.2 Å². The number of aromatic nitrogens is 1. The molecule has 3 atom stereocenters. The third-order valence-corrected chi connectivity index (χ3v) is 8.20. The predicted molar refractivity (Wildman–Crippen MR) is 133 cm³/mol. The second-order valence-electron chi connectivity index (χ2n) is 9.73. The minimum atomic E-state index is -2.87. The molecule has 0 saturated carbocycles. The van der Waals surface area contributed by atoms with Gasteiger partial charge in [0, 0.05) is 60.0 Å². The molecule has 0 amide bonds. The van der Waals surface area contributed by atoms with Gasteiger partial charge in [0.05, 0.1) is 12.7 Å². The molecule has 194 valence electrons. The third kappa shape index (κ3) is 4.50. The Morgan fingerprint density at radius 1 is 1.17 bits per heavy atom. The number of nitrogens with one attached hydrogen (secondary N) is 1. The quantitative estimate of drug-likeness (QED) is 0.436. The van der Waals surface area contributed by atoms with Crippen molar-refractivity contribution >= 4 is 21.6 Å². The fourth-order valence-corrected chi connectivity index (χ4v) is 6.19. The summed E-state index contributed by atoms with van der Waals surface area (Å²) in [5.41, 5.74) is 2.17. The van der Waals surface area contributed by atoms with Gasteiger partial charge in [0.2, 0.25) is 0 Å². The van der Waals surface area contributed by atoms with E-state index < -0.39 is 33.8 Å². The molecule has 1 saturated heterocycles. The summed E-state index contributed by atoms with van der Waals surface area (Å²) in [5, 5.41) is 0.0331. The van der Waals surface area contributed by atoms with Gasteiger partial charge in [-0.1, -0.05) is 18.2 Å². The number of rotatable bonds is 8. The van der Waals surface area contributed by atoms with Crippen molar-refractivity contribution in [3.05, 3.63) is 64.9 Å². The normalized spacial score (nSPS) is 22.1. The number of halogens is 3. The standard InChI is InChI=1S/C26H30F3N3O3S/c1-15-10-20-19-6-3-4-7-23(19)30-25(20)26(32(15)16(2)36(33)34)24-21(28)11-17(12-22(24)29)35-18-13-31(14-18)9-5-8-27/h3-4,6-7,11-12,15-16,18,26,30,36H,5,8-10,13-14H2,1-2H3/t15-,16?,26-/m1/s1. The van der Waals surface area contributed by atoms with Crippen molar-refractivity contribution in [1.29, 1.82) is 0 Å². The first kappa shape index (κ1) is 25.1. The summed E-state index contributed by atoms with van der Waals surface area (Å²) < 4.78 is 73.5. The Kier molecular flexibility index (Phi) is 7.02.